The average molecular weight is 391 g/mol. The molecule has 1 heterocycles. The van der Waals surface area contributed by atoms with Gasteiger partial charge in [0.05, 0.1) is 37.4 Å². The first-order valence-corrected chi connectivity index (χ1v) is 8.86. The van der Waals surface area contributed by atoms with Crippen molar-refractivity contribution in [1.29, 1.82) is 0 Å². The van der Waals surface area contributed by atoms with Crippen LogP contribution < -0.4 is 20.1 Å². The molecule has 2 aromatic carbocycles. The second kappa shape index (κ2) is 8.88. The Morgan fingerprint density at radius 1 is 0.897 bits per heavy atom. The number of hydrogen-bond acceptors (Lipinski definition) is 6. The zero-order valence-electron chi connectivity index (χ0n) is 16.4. The van der Waals surface area contributed by atoms with Crippen LogP contribution in [-0.4, -0.2) is 30.9 Å². The standard InChI is InChI=1S/C22H21N3O4/c1-14(26)15-5-4-6-17(9-15)24-18-10-16(12-23-13-18)22(27)25-20-8-7-19(28-2)11-21(20)29-3/h4-13,24H,1-3H3,(H,25,27). The van der Waals surface area contributed by atoms with Crippen LogP contribution in [0.3, 0.4) is 0 Å². The minimum absolute atomic E-state index is 0.0201. The first-order valence-electron chi connectivity index (χ1n) is 8.86. The highest BCUT2D eigenvalue weighted by Gasteiger charge is 2.12. The van der Waals surface area contributed by atoms with Gasteiger partial charge in [-0.2, -0.15) is 0 Å². The highest BCUT2D eigenvalue weighted by atomic mass is 16.5. The molecule has 3 aromatic rings. The quantitative estimate of drug-likeness (QED) is 0.584. The van der Waals surface area contributed by atoms with Crippen LogP contribution in [0.2, 0.25) is 0 Å². The molecule has 0 radical (unpaired) electrons. The Hall–Kier alpha value is -3.87. The highest BCUT2D eigenvalue weighted by Crippen LogP contribution is 2.29. The van der Waals surface area contributed by atoms with Crippen molar-refractivity contribution in [2.45, 2.75) is 6.92 Å². The molecule has 0 saturated carbocycles. The average Bonchev–Trinajstić information content (AvgIpc) is 2.74. The minimum atomic E-state index is -0.331. The number of methoxy groups -OCH3 is 2. The van der Waals surface area contributed by atoms with E-state index in [0.717, 1.165) is 5.69 Å². The van der Waals surface area contributed by atoms with E-state index in [1.165, 1.54) is 20.2 Å². The van der Waals surface area contributed by atoms with Crippen LogP contribution in [-0.2, 0) is 0 Å². The molecule has 7 nitrogen and oxygen atoms in total. The van der Waals surface area contributed by atoms with Gasteiger partial charge in [-0.3, -0.25) is 14.6 Å². The Bertz CT molecular complexity index is 1050. The second-order valence-electron chi connectivity index (χ2n) is 6.24. The van der Waals surface area contributed by atoms with Crippen LogP contribution in [0.5, 0.6) is 11.5 Å². The van der Waals surface area contributed by atoms with Gasteiger partial charge in [0.15, 0.2) is 5.78 Å². The summed E-state index contributed by atoms with van der Waals surface area (Å²) in [5.74, 6) is 0.761. The third kappa shape index (κ3) is 4.90. The van der Waals surface area contributed by atoms with Gasteiger partial charge in [-0.1, -0.05) is 12.1 Å². The maximum atomic E-state index is 12.7. The number of ketones is 1. The summed E-state index contributed by atoms with van der Waals surface area (Å²) in [7, 11) is 3.08. The monoisotopic (exact) mass is 391 g/mol. The molecular weight excluding hydrogens is 370 g/mol. The Kier molecular flexibility index (Phi) is 6.09. The number of ether oxygens (including phenoxy) is 2. The maximum Gasteiger partial charge on any atom is 0.257 e. The normalized spacial score (nSPS) is 10.2. The lowest BCUT2D eigenvalue weighted by molar-refractivity contribution is 0.101. The van der Waals surface area contributed by atoms with Gasteiger partial charge in [-0.15, -0.1) is 0 Å². The predicted molar refractivity (Wildman–Crippen MR) is 111 cm³/mol. The van der Waals surface area contributed by atoms with E-state index in [0.29, 0.717) is 34.0 Å². The fourth-order valence-corrected chi connectivity index (χ4v) is 2.71. The fourth-order valence-electron chi connectivity index (χ4n) is 2.71. The number of amides is 1. The number of nitrogens with one attached hydrogen (secondary N) is 2. The van der Waals surface area contributed by atoms with E-state index in [2.05, 4.69) is 15.6 Å². The van der Waals surface area contributed by atoms with Crippen LogP contribution in [0.1, 0.15) is 27.6 Å². The van der Waals surface area contributed by atoms with Crippen molar-refractivity contribution in [1.82, 2.24) is 4.98 Å². The molecule has 29 heavy (non-hydrogen) atoms. The van der Waals surface area contributed by atoms with Crippen LogP contribution in [0.25, 0.3) is 0 Å². The fraction of sp³-hybridized carbons (Fsp3) is 0.136. The number of pyridine rings is 1. The Morgan fingerprint density at radius 3 is 2.41 bits per heavy atom. The summed E-state index contributed by atoms with van der Waals surface area (Å²) >= 11 is 0. The van der Waals surface area contributed by atoms with Gasteiger partial charge in [-0.25, -0.2) is 0 Å². The molecule has 3 rings (SSSR count). The number of rotatable bonds is 7. The molecular formula is C22H21N3O4. The van der Waals surface area contributed by atoms with E-state index >= 15 is 0 Å². The number of Topliss-reactive ketones (excluding diaryl/α,β-unsaturated/α-hetero) is 1. The molecule has 148 valence electrons. The molecule has 0 aliphatic rings. The molecule has 0 fully saturated rings. The number of carbonyl (C=O) groups excluding carboxylic acids is 2. The number of carbonyl (C=O) groups is 2. The lowest BCUT2D eigenvalue weighted by atomic mass is 10.1. The smallest absolute Gasteiger partial charge is 0.257 e. The molecule has 0 aliphatic carbocycles. The number of anilines is 3. The van der Waals surface area contributed by atoms with E-state index in [1.54, 1.807) is 55.8 Å². The van der Waals surface area contributed by atoms with Crippen LogP contribution in [0.4, 0.5) is 17.1 Å². The third-order valence-corrected chi connectivity index (χ3v) is 4.22. The molecule has 0 saturated heterocycles. The highest BCUT2D eigenvalue weighted by molar-refractivity contribution is 6.05. The van der Waals surface area contributed by atoms with Crippen molar-refractivity contribution in [2.24, 2.45) is 0 Å². The molecule has 1 aromatic heterocycles. The van der Waals surface area contributed by atoms with Gasteiger partial charge < -0.3 is 20.1 Å². The maximum absolute atomic E-state index is 12.7. The first kappa shape index (κ1) is 19.9. The van der Waals surface area contributed by atoms with Crippen molar-refractivity contribution in [2.75, 3.05) is 24.9 Å². The van der Waals surface area contributed by atoms with Crippen molar-refractivity contribution in [3.05, 3.63) is 72.1 Å². The van der Waals surface area contributed by atoms with Crippen LogP contribution in [0, 0.1) is 0 Å². The predicted octanol–water partition coefficient (Wildman–Crippen LogP) is 4.30. The molecule has 1 amide bonds. The Balaban J connectivity index is 1.78. The van der Waals surface area contributed by atoms with Gasteiger partial charge in [0.25, 0.3) is 5.91 Å². The molecule has 0 atom stereocenters. The van der Waals surface area contributed by atoms with E-state index < -0.39 is 0 Å². The number of nitrogens with zero attached hydrogens (tertiary/aromatic N) is 1. The van der Waals surface area contributed by atoms with Crippen molar-refractivity contribution < 1.29 is 19.1 Å². The van der Waals surface area contributed by atoms with Crippen LogP contribution in [0.15, 0.2) is 60.9 Å². The molecule has 0 bridgehead atoms. The van der Waals surface area contributed by atoms with Gasteiger partial charge in [0, 0.05) is 23.5 Å². The summed E-state index contributed by atoms with van der Waals surface area (Å²) < 4.78 is 10.5. The van der Waals surface area contributed by atoms with Gasteiger partial charge in [-0.05, 0) is 37.3 Å². The topological polar surface area (TPSA) is 89.5 Å². The summed E-state index contributed by atoms with van der Waals surface area (Å²) in [5.41, 5.74) is 2.85. The second-order valence-corrected chi connectivity index (χ2v) is 6.24. The van der Waals surface area contributed by atoms with Crippen molar-refractivity contribution in [3.8, 4) is 11.5 Å². The Labute approximate surface area is 168 Å². The third-order valence-electron chi connectivity index (χ3n) is 4.22. The van der Waals surface area contributed by atoms with Gasteiger partial charge in [0.2, 0.25) is 0 Å². The van der Waals surface area contributed by atoms with E-state index in [4.69, 9.17) is 9.47 Å². The summed E-state index contributed by atoms with van der Waals surface area (Å²) in [4.78, 5) is 28.4. The van der Waals surface area contributed by atoms with Crippen LogP contribution >= 0.6 is 0 Å². The van der Waals surface area contributed by atoms with E-state index in [9.17, 15) is 9.59 Å². The number of benzene rings is 2. The Morgan fingerprint density at radius 2 is 1.69 bits per heavy atom. The lowest BCUT2D eigenvalue weighted by Gasteiger charge is -2.12. The zero-order valence-corrected chi connectivity index (χ0v) is 16.4. The van der Waals surface area contributed by atoms with Crippen molar-refractivity contribution >= 4 is 28.8 Å². The number of aromatic nitrogens is 1. The lowest BCUT2D eigenvalue weighted by Crippen LogP contribution is -2.13. The van der Waals surface area contributed by atoms with Gasteiger partial charge >= 0.3 is 0 Å². The first-order chi connectivity index (χ1) is 14.0. The zero-order chi connectivity index (χ0) is 20.8. The summed E-state index contributed by atoms with van der Waals surface area (Å²) in [5, 5.41) is 5.97. The SMILES string of the molecule is COc1ccc(NC(=O)c2cncc(Nc3cccc(C(C)=O)c3)c2)c(OC)c1. The van der Waals surface area contributed by atoms with E-state index in [-0.39, 0.29) is 11.7 Å². The minimum Gasteiger partial charge on any atom is -0.497 e. The molecule has 7 heteroatoms. The van der Waals surface area contributed by atoms with E-state index in [1.807, 2.05) is 6.07 Å². The molecule has 0 unspecified atom stereocenters. The van der Waals surface area contributed by atoms with Gasteiger partial charge in [0.1, 0.15) is 11.5 Å². The molecule has 2 N–H and O–H groups in total. The molecule has 0 spiro atoms. The summed E-state index contributed by atoms with van der Waals surface area (Å²) in [6, 6.07) is 13.9. The number of hydrogen-bond donors (Lipinski definition) is 2. The molecule has 0 aliphatic heterocycles. The summed E-state index contributed by atoms with van der Waals surface area (Å²) in [6.45, 7) is 1.51. The summed E-state index contributed by atoms with van der Waals surface area (Å²) in [6.07, 6.45) is 3.08. The van der Waals surface area contributed by atoms with Crippen molar-refractivity contribution in [3.63, 3.8) is 0 Å². The largest absolute Gasteiger partial charge is 0.497 e.